The van der Waals surface area contributed by atoms with Gasteiger partial charge in [-0.2, -0.15) is 0 Å². The highest BCUT2D eigenvalue weighted by Gasteiger charge is 2.18. The number of hydrogen-bond acceptors (Lipinski definition) is 7. The minimum atomic E-state index is -0.406. The van der Waals surface area contributed by atoms with Crippen molar-refractivity contribution in [3.05, 3.63) is 54.2 Å². The molecular formula is C24H28N4O3. The molecule has 0 spiro atoms. The lowest BCUT2D eigenvalue weighted by atomic mass is 10.1. The summed E-state index contributed by atoms with van der Waals surface area (Å²) in [5.41, 5.74) is 3.91. The minimum Gasteiger partial charge on any atom is -0.497 e. The number of carbonyl (C=O) groups excluding carboxylic acids is 1. The number of piperazine rings is 1. The van der Waals surface area contributed by atoms with E-state index in [0.29, 0.717) is 23.6 Å². The summed E-state index contributed by atoms with van der Waals surface area (Å²) in [4.78, 5) is 21.8. The second-order valence-corrected chi connectivity index (χ2v) is 7.61. The second kappa shape index (κ2) is 9.22. The number of carbonyl (C=O) groups is 1. The zero-order valence-electron chi connectivity index (χ0n) is 18.2. The number of methoxy groups -OCH3 is 1. The summed E-state index contributed by atoms with van der Waals surface area (Å²) in [6.07, 6.45) is 1.56. The number of rotatable bonds is 6. The Morgan fingerprint density at radius 1 is 1.10 bits per heavy atom. The number of nitrogens with one attached hydrogen (secondary N) is 1. The van der Waals surface area contributed by atoms with E-state index in [4.69, 9.17) is 9.47 Å². The van der Waals surface area contributed by atoms with Gasteiger partial charge in [0.25, 0.3) is 0 Å². The van der Waals surface area contributed by atoms with E-state index in [1.807, 2.05) is 30.3 Å². The Balaban J connectivity index is 1.67. The topological polar surface area (TPSA) is 66.9 Å². The molecule has 2 aromatic carbocycles. The van der Waals surface area contributed by atoms with E-state index in [-0.39, 0.29) is 0 Å². The molecule has 3 aromatic rings. The summed E-state index contributed by atoms with van der Waals surface area (Å²) in [7, 11) is 3.77. The summed E-state index contributed by atoms with van der Waals surface area (Å²) in [5.74, 6) is 0.292. The standard InChI is InChI=1S/C24H28N4O3/c1-4-31-24(29)21-16-25-22-10-9-19(30-3)15-20(22)23(21)26-17-5-7-18(8-6-17)28-13-11-27(2)12-14-28/h5-10,15-16H,4,11-14H2,1-3H3,(H,25,26). The molecule has 31 heavy (non-hydrogen) atoms. The van der Waals surface area contributed by atoms with Crippen LogP contribution in [0.2, 0.25) is 0 Å². The monoisotopic (exact) mass is 420 g/mol. The number of benzene rings is 2. The highest BCUT2D eigenvalue weighted by atomic mass is 16.5. The summed E-state index contributed by atoms with van der Waals surface area (Å²) in [5, 5.41) is 4.22. The molecule has 1 aliphatic heterocycles. The first kappa shape index (κ1) is 20.9. The van der Waals surface area contributed by atoms with Crippen LogP contribution in [-0.2, 0) is 4.74 Å². The van der Waals surface area contributed by atoms with Gasteiger partial charge in [0, 0.05) is 49.1 Å². The molecule has 0 amide bonds. The number of anilines is 3. The molecule has 0 radical (unpaired) electrons. The highest BCUT2D eigenvalue weighted by molar-refractivity contribution is 6.06. The van der Waals surface area contributed by atoms with Gasteiger partial charge in [-0.3, -0.25) is 4.98 Å². The van der Waals surface area contributed by atoms with Crippen LogP contribution in [0.25, 0.3) is 10.9 Å². The molecule has 4 rings (SSSR count). The van der Waals surface area contributed by atoms with Crippen molar-refractivity contribution in [2.75, 3.05) is 57.2 Å². The molecule has 0 bridgehead atoms. The first-order chi connectivity index (χ1) is 15.1. The zero-order valence-corrected chi connectivity index (χ0v) is 18.2. The number of fused-ring (bicyclic) bond motifs is 1. The van der Waals surface area contributed by atoms with E-state index in [2.05, 4.69) is 39.3 Å². The smallest absolute Gasteiger partial charge is 0.341 e. The Hall–Kier alpha value is -3.32. The van der Waals surface area contributed by atoms with Crippen LogP contribution in [0, 0.1) is 0 Å². The predicted molar refractivity (Wildman–Crippen MR) is 124 cm³/mol. The molecule has 0 atom stereocenters. The van der Waals surface area contributed by atoms with Crippen molar-refractivity contribution in [1.82, 2.24) is 9.88 Å². The third kappa shape index (κ3) is 4.56. The Labute approximate surface area is 182 Å². The summed E-state index contributed by atoms with van der Waals surface area (Å²) in [6, 6.07) is 13.9. The average molecular weight is 421 g/mol. The maximum absolute atomic E-state index is 12.6. The fourth-order valence-corrected chi connectivity index (χ4v) is 3.76. The van der Waals surface area contributed by atoms with Crippen LogP contribution < -0.4 is 15.0 Å². The minimum absolute atomic E-state index is 0.300. The van der Waals surface area contributed by atoms with Gasteiger partial charge in [-0.25, -0.2) is 4.79 Å². The average Bonchev–Trinajstić information content (AvgIpc) is 2.80. The van der Waals surface area contributed by atoms with E-state index in [1.165, 1.54) is 5.69 Å². The number of nitrogens with zero attached hydrogens (tertiary/aromatic N) is 3. The Bertz CT molecular complexity index is 1060. The van der Waals surface area contributed by atoms with E-state index in [1.54, 1.807) is 20.2 Å². The van der Waals surface area contributed by atoms with Crippen molar-refractivity contribution in [2.24, 2.45) is 0 Å². The van der Waals surface area contributed by atoms with Crippen molar-refractivity contribution in [3.8, 4) is 5.75 Å². The largest absolute Gasteiger partial charge is 0.497 e. The van der Waals surface area contributed by atoms with Gasteiger partial charge in [-0.05, 0) is 56.4 Å². The van der Waals surface area contributed by atoms with Crippen molar-refractivity contribution >= 4 is 33.9 Å². The summed E-state index contributed by atoms with van der Waals surface area (Å²) >= 11 is 0. The fraction of sp³-hybridized carbons (Fsp3) is 0.333. The molecule has 1 aliphatic rings. The molecule has 1 aromatic heterocycles. The third-order valence-electron chi connectivity index (χ3n) is 5.58. The SMILES string of the molecule is CCOC(=O)c1cnc2ccc(OC)cc2c1Nc1ccc(N2CCN(C)CC2)cc1. The summed E-state index contributed by atoms with van der Waals surface area (Å²) in [6.45, 7) is 6.26. The van der Waals surface area contributed by atoms with Crippen molar-refractivity contribution in [1.29, 1.82) is 0 Å². The predicted octanol–water partition coefficient (Wildman–Crippen LogP) is 3.92. The number of esters is 1. The van der Waals surface area contributed by atoms with E-state index < -0.39 is 5.97 Å². The van der Waals surface area contributed by atoms with Gasteiger partial charge in [0.2, 0.25) is 0 Å². The van der Waals surface area contributed by atoms with Crippen molar-refractivity contribution in [2.45, 2.75) is 6.92 Å². The van der Waals surface area contributed by atoms with Crippen LogP contribution in [0.1, 0.15) is 17.3 Å². The zero-order chi connectivity index (χ0) is 21.8. The molecule has 1 saturated heterocycles. The molecule has 0 saturated carbocycles. The number of hydrogen-bond donors (Lipinski definition) is 1. The van der Waals surface area contributed by atoms with Crippen LogP contribution in [0.5, 0.6) is 5.75 Å². The van der Waals surface area contributed by atoms with Crippen LogP contribution >= 0.6 is 0 Å². The third-order valence-corrected chi connectivity index (χ3v) is 5.58. The van der Waals surface area contributed by atoms with E-state index in [0.717, 1.165) is 42.8 Å². The molecule has 0 unspecified atom stereocenters. The molecule has 2 heterocycles. The fourth-order valence-electron chi connectivity index (χ4n) is 3.76. The quantitative estimate of drug-likeness (QED) is 0.607. The van der Waals surface area contributed by atoms with E-state index >= 15 is 0 Å². The molecule has 7 heteroatoms. The van der Waals surface area contributed by atoms with Gasteiger partial charge in [0.1, 0.15) is 11.3 Å². The lowest BCUT2D eigenvalue weighted by Gasteiger charge is -2.34. The number of pyridine rings is 1. The summed E-state index contributed by atoms with van der Waals surface area (Å²) < 4.78 is 10.6. The number of likely N-dealkylation sites (N-methyl/N-ethyl adjacent to an activating group) is 1. The lowest BCUT2D eigenvalue weighted by Crippen LogP contribution is -2.44. The van der Waals surface area contributed by atoms with E-state index in [9.17, 15) is 4.79 Å². The number of ether oxygens (including phenoxy) is 2. The normalized spacial score (nSPS) is 14.5. The Kier molecular flexibility index (Phi) is 6.23. The van der Waals surface area contributed by atoms with Gasteiger partial charge in [0.15, 0.2) is 0 Å². The molecule has 1 fully saturated rings. The van der Waals surface area contributed by atoms with Gasteiger partial charge in [0.05, 0.1) is 24.9 Å². The molecule has 7 nitrogen and oxygen atoms in total. The van der Waals surface area contributed by atoms with Crippen LogP contribution in [0.15, 0.2) is 48.7 Å². The molecule has 0 aliphatic carbocycles. The Morgan fingerprint density at radius 3 is 2.52 bits per heavy atom. The van der Waals surface area contributed by atoms with Gasteiger partial charge < -0.3 is 24.6 Å². The molecule has 1 N–H and O–H groups in total. The molecule has 162 valence electrons. The van der Waals surface area contributed by atoms with Crippen molar-refractivity contribution < 1.29 is 14.3 Å². The van der Waals surface area contributed by atoms with Gasteiger partial charge >= 0.3 is 5.97 Å². The van der Waals surface area contributed by atoms with Crippen LogP contribution in [0.4, 0.5) is 17.1 Å². The van der Waals surface area contributed by atoms with Crippen molar-refractivity contribution in [3.63, 3.8) is 0 Å². The van der Waals surface area contributed by atoms with Crippen LogP contribution in [0.3, 0.4) is 0 Å². The first-order valence-electron chi connectivity index (χ1n) is 10.5. The maximum Gasteiger partial charge on any atom is 0.341 e. The number of aromatic nitrogens is 1. The first-order valence-corrected chi connectivity index (χ1v) is 10.5. The highest BCUT2D eigenvalue weighted by Crippen LogP contribution is 2.32. The molecular weight excluding hydrogens is 392 g/mol. The second-order valence-electron chi connectivity index (χ2n) is 7.61. The Morgan fingerprint density at radius 2 is 1.84 bits per heavy atom. The lowest BCUT2D eigenvalue weighted by molar-refractivity contribution is 0.0527. The van der Waals surface area contributed by atoms with Gasteiger partial charge in [-0.15, -0.1) is 0 Å². The van der Waals surface area contributed by atoms with Gasteiger partial charge in [-0.1, -0.05) is 0 Å². The van der Waals surface area contributed by atoms with Crippen LogP contribution in [-0.4, -0.2) is 62.8 Å². The maximum atomic E-state index is 12.6.